The third kappa shape index (κ3) is 4.49. The molecule has 0 amide bonds. The molecule has 0 fully saturated rings. The first-order chi connectivity index (χ1) is 8.90. The second-order valence-corrected chi connectivity index (χ2v) is 6.29. The van der Waals surface area contributed by atoms with Gasteiger partial charge in [0.15, 0.2) is 0 Å². The maximum absolute atomic E-state index is 12.3. The molecular weight excluding hydrogens is 264 g/mol. The third-order valence-electron chi connectivity index (χ3n) is 2.59. The van der Waals surface area contributed by atoms with E-state index in [4.69, 9.17) is 4.74 Å². The van der Waals surface area contributed by atoms with Gasteiger partial charge in [-0.3, -0.25) is 0 Å². The van der Waals surface area contributed by atoms with Crippen molar-refractivity contribution in [2.75, 3.05) is 20.7 Å². The monoisotopic (exact) mass is 286 g/mol. The Kier molecular flexibility index (Phi) is 5.78. The smallest absolute Gasteiger partial charge is 0.241 e. The van der Waals surface area contributed by atoms with Gasteiger partial charge < -0.3 is 10.1 Å². The normalized spacial score (nSPS) is 11.8. The number of likely N-dealkylation sites (N-methyl/N-ethyl adjacent to an activating group) is 1. The van der Waals surface area contributed by atoms with E-state index in [-0.39, 0.29) is 6.04 Å². The predicted octanol–water partition coefficient (Wildman–Crippen LogP) is 1.14. The summed E-state index contributed by atoms with van der Waals surface area (Å²) in [4.78, 5) is 0.317. The number of hydrogen-bond acceptors (Lipinski definition) is 4. The highest BCUT2D eigenvalue weighted by Crippen LogP contribution is 2.22. The number of nitrogens with one attached hydrogen (secondary N) is 2. The molecule has 108 valence electrons. The Morgan fingerprint density at radius 3 is 2.53 bits per heavy atom. The van der Waals surface area contributed by atoms with Crippen LogP contribution in [0.5, 0.6) is 5.75 Å². The molecular formula is C13H22N2O3S. The molecule has 2 N–H and O–H groups in total. The number of rotatable bonds is 7. The van der Waals surface area contributed by atoms with Crippen LogP contribution >= 0.6 is 0 Å². The molecule has 1 rings (SSSR count). The van der Waals surface area contributed by atoms with E-state index in [1.165, 1.54) is 0 Å². The highest BCUT2D eigenvalue weighted by molar-refractivity contribution is 7.89. The first-order valence-electron chi connectivity index (χ1n) is 6.24. The molecule has 0 heterocycles. The van der Waals surface area contributed by atoms with E-state index in [9.17, 15) is 8.42 Å². The van der Waals surface area contributed by atoms with Gasteiger partial charge in [0, 0.05) is 6.04 Å². The summed E-state index contributed by atoms with van der Waals surface area (Å²) >= 11 is 0. The summed E-state index contributed by atoms with van der Waals surface area (Å²) in [7, 11) is -0.0777. The second kappa shape index (κ2) is 6.88. The Morgan fingerprint density at radius 1 is 1.32 bits per heavy atom. The number of hydrogen-bond donors (Lipinski definition) is 2. The van der Waals surface area contributed by atoms with Gasteiger partial charge in [-0.15, -0.1) is 0 Å². The fourth-order valence-corrected chi connectivity index (χ4v) is 3.27. The molecule has 0 atom stereocenters. The lowest BCUT2D eigenvalue weighted by molar-refractivity contribution is 0.413. The minimum atomic E-state index is -3.48. The second-order valence-electron chi connectivity index (χ2n) is 4.60. The molecule has 0 saturated heterocycles. The molecule has 1 aromatic rings. The lowest BCUT2D eigenvalue weighted by Gasteiger charge is -2.14. The van der Waals surface area contributed by atoms with Gasteiger partial charge in [0.1, 0.15) is 5.75 Å². The highest BCUT2D eigenvalue weighted by atomic mass is 32.2. The van der Waals surface area contributed by atoms with Crippen molar-refractivity contribution in [2.45, 2.75) is 31.2 Å². The summed E-state index contributed by atoms with van der Waals surface area (Å²) in [6, 6.07) is 4.89. The van der Waals surface area contributed by atoms with Crippen LogP contribution in [0.1, 0.15) is 19.4 Å². The Bertz CT molecular complexity index is 513. The molecule has 0 saturated carbocycles. The van der Waals surface area contributed by atoms with Crippen molar-refractivity contribution in [1.29, 1.82) is 0 Å². The number of benzene rings is 1. The van der Waals surface area contributed by atoms with Crippen LogP contribution in [-0.2, 0) is 16.4 Å². The van der Waals surface area contributed by atoms with Crippen molar-refractivity contribution in [1.82, 2.24) is 10.0 Å². The van der Waals surface area contributed by atoms with Gasteiger partial charge in [-0.2, -0.15) is 0 Å². The van der Waals surface area contributed by atoms with Crippen LogP contribution in [0.2, 0.25) is 0 Å². The molecule has 0 aromatic heterocycles. The quantitative estimate of drug-likeness (QED) is 0.789. The first-order valence-corrected chi connectivity index (χ1v) is 7.73. The molecule has 0 aliphatic rings. The molecule has 0 unspecified atom stereocenters. The standard InChI is InChI=1S/C13H22N2O3S/c1-10(2)15-19(16,17)13-6-5-12(18-4)9-11(13)7-8-14-3/h5-6,9-10,14-15H,7-8H2,1-4H3. The molecule has 6 heteroatoms. The third-order valence-corrected chi connectivity index (χ3v) is 4.35. The van der Waals surface area contributed by atoms with Crippen LogP contribution in [-0.4, -0.2) is 35.2 Å². The summed E-state index contributed by atoms with van der Waals surface area (Å²) in [5, 5.41) is 3.02. The lowest BCUT2D eigenvalue weighted by atomic mass is 10.1. The molecule has 5 nitrogen and oxygen atoms in total. The zero-order valence-corrected chi connectivity index (χ0v) is 12.7. The number of methoxy groups -OCH3 is 1. The van der Waals surface area contributed by atoms with Gasteiger partial charge in [-0.1, -0.05) is 0 Å². The van der Waals surface area contributed by atoms with Gasteiger partial charge in [-0.05, 0) is 57.6 Å². The van der Waals surface area contributed by atoms with Crippen molar-refractivity contribution in [3.05, 3.63) is 23.8 Å². The van der Waals surface area contributed by atoms with E-state index in [1.54, 1.807) is 39.2 Å². The van der Waals surface area contributed by atoms with Crippen molar-refractivity contribution in [2.24, 2.45) is 0 Å². The SMILES string of the molecule is CNCCc1cc(OC)ccc1S(=O)(=O)NC(C)C. The van der Waals surface area contributed by atoms with E-state index in [0.717, 1.165) is 5.56 Å². The van der Waals surface area contributed by atoms with Crippen LogP contribution < -0.4 is 14.8 Å². The molecule has 0 aliphatic heterocycles. The van der Waals surface area contributed by atoms with Crippen LogP contribution in [0.4, 0.5) is 0 Å². The van der Waals surface area contributed by atoms with Crippen LogP contribution in [0.25, 0.3) is 0 Å². The van der Waals surface area contributed by atoms with E-state index in [0.29, 0.717) is 23.6 Å². The van der Waals surface area contributed by atoms with Crippen LogP contribution in [0.15, 0.2) is 23.1 Å². The lowest BCUT2D eigenvalue weighted by Crippen LogP contribution is -2.31. The fourth-order valence-electron chi connectivity index (χ4n) is 1.77. The Morgan fingerprint density at radius 2 is 2.00 bits per heavy atom. The average molecular weight is 286 g/mol. The summed E-state index contributed by atoms with van der Waals surface area (Å²) in [5.41, 5.74) is 0.752. The predicted molar refractivity (Wildman–Crippen MR) is 76.1 cm³/mol. The van der Waals surface area contributed by atoms with E-state index in [2.05, 4.69) is 10.0 Å². The maximum atomic E-state index is 12.3. The minimum absolute atomic E-state index is 0.135. The van der Waals surface area contributed by atoms with Crippen molar-refractivity contribution in [3.8, 4) is 5.75 Å². The number of sulfonamides is 1. The first kappa shape index (κ1) is 15.9. The summed E-state index contributed by atoms with van der Waals surface area (Å²) in [6.07, 6.45) is 0.627. The molecule has 0 radical (unpaired) electrons. The number of ether oxygens (including phenoxy) is 1. The van der Waals surface area contributed by atoms with E-state index >= 15 is 0 Å². The van der Waals surface area contributed by atoms with Gasteiger partial charge >= 0.3 is 0 Å². The molecule has 0 spiro atoms. The zero-order chi connectivity index (χ0) is 14.5. The minimum Gasteiger partial charge on any atom is -0.497 e. The molecule has 19 heavy (non-hydrogen) atoms. The summed E-state index contributed by atoms with van der Waals surface area (Å²) in [6.45, 7) is 4.31. The van der Waals surface area contributed by atoms with Gasteiger partial charge in [-0.25, -0.2) is 13.1 Å². The Hall–Kier alpha value is -1.11. The maximum Gasteiger partial charge on any atom is 0.241 e. The van der Waals surface area contributed by atoms with E-state index < -0.39 is 10.0 Å². The Balaban J connectivity index is 3.17. The molecule has 0 aliphatic carbocycles. The van der Waals surface area contributed by atoms with Gasteiger partial charge in [0.05, 0.1) is 12.0 Å². The van der Waals surface area contributed by atoms with Crippen molar-refractivity contribution in [3.63, 3.8) is 0 Å². The van der Waals surface area contributed by atoms with Gasteiger partial charge in [0.2, 0.25) is 10.0 Å². The van der Waals surface area contributed by atoms with Crippen LogP contribution in [0, 0.1) is 0 Å². The molecule has 1 aromatic carbocycles. The zero-order valence-electron chi connectivity index (χ0n) is 11.9. The topological polar surface area (TPSA) is 67.4 Å². The highest BCUT2D eigenvalue weighted by Gasteiger charge is 2.19. The fraction of sp³-hybridized carbons (Fsp3) is 0.538. The van der Waals surface area contributed by atoms with Gasteiger partial charge in [0.25, 0.3) is 0 Å². The van der Waals surface area contributed by atoms with E-state index in [1.807, 2.05) is 7.05 Å². The van der Waals surface area contributed by atoms with Crippen molar-refractivity contribution < 1.29 is 13.2 Å². The largest absolute Gasteiger partial charge is 0.497 e. The summed E-state index contributed by atoms with van der Waals surface area (Å²) in [5.74, 6) is 0.662. The Labute approximate surface area is 115 Å². The average Bonchev–Trinajstić information content (AvgIpc) is 2.34. The van der Waals surface area contributed by atoms with Crippen molar-refractivity contribution >= 4 is 10.0 Å². The van der Waals surface area contributed by atoms with Crippen LogP contribution in [0.3, 0.4) is 0 Å². The summed E-state index contributed by atoms with van der Waals surface area (Å²) < 4.78 is 32.3. The molecule has 0 bridgehead atoms.